The second kappa shape index (κ2) is 7.34. The van der Waals surface area contributed by atoms with E-state index in [2.05, 4.69) is 0 Å². The SMILES string of the molecule is CCN(C(=O)C(C)OC(=O)c1oc2ccccc2c1C)C1CCS(=O)(=O)C1. The number of benzene rings is 1. The van der Waals surface area contributed by atoms with Crippen LogP contribution in [-0.2, 0) is 19.4 Å². The van der Waals surface area contributed by atoms with Crippen LogP contribution in [0.15, 0.2) is 28.7 Å². The fourth-order valence-corrected chi connectivity index (χ4v) is 5.21. The van der Waals surface area contributed by atoms with E-state index in [-0.39, 0.29) is 23.3 Å². The molecular weight excluding hydrogens is 370 g/mol. The van der Waals surface area contributed by atoms with Crippen LogP contribution >= 0.6 is 0 Å². The van der Waals surface area contributed by atoms with E-state index in [1.54, 1.807) is 26.0 Å². The molecule has 2 heterocycles. The van der Waals surface area contributed by atoms with Crippen LogP contribution in [0.1, 0.15) is 36.4 Å². The van der Waals surface area contributed by atoms with Gasteiger partial charge in [-0.15, -0.1) is 0 Å². The number of furan rings is 1. The smallest absolute Gasteiger partial charge is 0.375 e. The van der Waals surface area contributed by atoms with E-state index >= 15 is 0 Å². The number of hydrogen-bond acceptors (Lipinski definition) is 6. The standard InChI is InChI=1S/C19H23NO6S/c1-4-20(14-9-10-27(23,24)11-14)18(21)13(3)25-19(22)17-12(2)15-7-5-6-8-16(15)26-17/h5-8,13-14H,4,9-11H2,1-3H3. The molecule has 1 amide bonds. The van der Waals surface area contributed by atoms with Gasteiger partial charge in [0.25, 0.3) is 5.91 Å². The monoisotopic (exact) mass is 393 g/mol. The number of esters is 1. The van der Waals surface area contributed by atoms with Crippen LogP contribution in [0.25, 0.3) is 11.0 Å². The van der Waals surface area contributed by atoms with E-state index in [1.165, 1.54) is 11.8 Å². The summed E-state index contributed by atoms with van der Waals surface area (Å²) in [5.74, 6) is -1.01. The molecule has 1 aromatic heterocycles. The molecule has 8 heteroatoms. The number of carbonyl (C=O) groups is 2. The number of para-hydroxylation sites is 1. The van der Waals surface area contributed by atoms with Gasteiger partial charge in [-0.05, 0) is 33.3 Å². The van der Waals surface area contributed by atoms with E-state index in [1.807, 2.05) is 12.1 Å². The summed E-state index contributed by atoms with van der Waals surface area (Å²) in [5, 5.41) is 0.815. The number of ether oxygens (including phenoxy) is 1. The molecule has 7 nitrogen and oxygen atoms in total. The second-order valence-corrected chi connectivity index (χ2v) is 9.01. The Morgan fingerprint density at radius 3 is 2.63 bits per heavy atom. The summed E-state index contributed by atoms with van der Waals surface area (Å²) in [5.41, 5.74) is 1.23. The maximum absolute atomic E-state index is 12.7. The third-order valence-electron chi connectivity index (χ3n) is 4.93. The van der Waals surface area contributed by atoms with E-state index in [9.17, 15) is 18.0 Å². The summed E-state index contributed by atoms with van der Waals surface area (Å²) in [6.45, 7) is 5.38. The minimum Gasteiger partial charge on any atom is -0.449 e. The molecule has 0 saturated carbocycles. The zero-order valence-electron chi connectivity index (χ0n) is 15.6. The average Bonchev–Trinajstić information content (AvgIpc) is 3.15. The van der Waals surface area contributed by atoms with Crippen LogP contribution in [0.4, 0.5) is 0 Å². The number of amides is 1. The molecule has 2 unspecified atom stereocenters. The van der Waals surface area contributed by atoms with Crippen molar-refractivity contribution < 1.29 is 27.2 Å². The van der Waals surface area contributed by atoms with Gasteiger partial charge in [-0.25, -0.2) is 13.2 Å². The Labute approximate surface area is 158 Å². The Hall–Kier alpha value is -2.35. The van der Waals surface area contributed by atoms with Crippen molar-refractivity contribution in [3.8, 4) is 0 Å². The van der Waals surface area contributed by atoms with Crippen LogP contribution in [0.2, 0.25) is 0 Å². The zero-order valence-corrected chi connectivity index (χ0v) is 16.4. The molecule has 1 aromatic carbocycles. The number of fused-ring (bicyclic) bond motifs is 1. The fourth-order valence-electron chi connectivity index (χ4n) is 3.48. The highest BCUT2D eigenvalue weighted by Gasteiger charge is 2.36. The number of aryl methyl sites for hydroxylation is 1. The molecule has 1 aliphatic heterocycles. The fraction of sp³-hybridized carbons (Fsp3) is 0.474. The number of rotatable bonds is 5. The first-order chi connectivity index (χ1) is 12.7. The number of hydrogen-bond donors (Lipinski definition) is 0. The Morgan fingerprint density at radius 2 is 2.04 bits per heavy atom. The first kappa shape index (κ1) is 19.4. The van der Waals surface area contributed by atoms with Gasteiger partial charge in [0, 0.05) is 23.5 Å². The zero-order chi connectivity index (χ0) is 19.8. The topological polar surface area (TPSA) is 93.9 Å². The van der Waals surface area contributed by atoms with Gasteiger partial charge in [-0.2, -0.15) is 0 Å². The molecule has 27 heavy (non-hydrogen) atoms. The molecule has 1 fully saturated rings. The van der Waals surface area contributed by atoms with Gasteiger partial charge in [0.05, 0.1) is 11.5 Å². The molecular formula is C19H23NO6S. The predicted molar refractivity (Wildman–Crippen MR) is 100 cm³/mol. The molecule has 0 bridgehead atoms. The molecule has 146 valence electrons. The number of likely N-dealkylation sites (N-methyl/N-ethyl adjacent to an activating group) is 1. The lowest BCUT2D eigenvalue weighted by Crippen LogP contribution is -2.46. The van der Waals surface area contributed by atoms with E-state index < -0.39 is 27.8 Å². The third-order valence-corrected chi connectivity index (χ3v) is 6.68. The maximum atomic E-state index is 12.7. The van der Waals surface area contributed by atoms with Crippen LogP contribution in [-0.4, -0.2) is 55.4 Å². The van der Waals surface area contributed by atoms with Crippen LogP contribution in [0.3, 0.4) is 0 Å². The molecule has 2 atom stereocenters. The first-order valence-electron chi connectivity index (χ1n) is 8.93. The van der Waals surface area contributed by atoms with Gasteiger partial charge in [-0.1, -0.05) is 18.2 Å². The molecule has 2 aromatic rings. The minimum atomic E-state index is -3.11. The molecule has 3 rings (SSSR count). The summed E-state index contributed by atoms with van der Waals surface area (Å²) in [6.07, 6.45) is -0.626. The quantitative estimate of drug-likeness (QED) is 0.724. The number of nitrogens with zero attached hydrogens (tertiary/aromatic N) is 1. The van der Waals surface area contributed by atoms with E-state index in [0.717, 1.165) is 5.39 Å². The normalized spacial score (nSPS) is 19.7. The van der Waals surface area contributed by atoms with E-state index in [0.29, 0.717) is 24.1 Å². The Balaban J connectivity index is 1.73. The lowest BCUT2D eigenvalue weighted by molar-refractivity contribution is -0.141. The lowest BCUT2D eigenvalue weighted by atomic mass is 10.1. The largest absolute Gasteiger partial charge is 0.449 e. The molecule has 0 radical (unpaired) electrons. The predicted octanol–water partition coefficient (Wildman–Crippen LogP) is 2.32. The van der Waals surface area contributed by atoms with E-state index in [4.69, 9.17) is 9.15 Å². The van der Waals surface area contributed by atoms with Crippen LogP contribution in [0.5, 0.6) is 0 Å². The van der Waals surface area contributed by atoms with Gasteiger partial charge in [-0.3, -0.25) is 4.79 Å². The Kier molecular flexibility index (Phi) is 5.28. The summed E-state index contributed by atoms with van der Waals surface area (Å²) >= 11 is 0. The summed E-state index contributed by atoms with van der Waals surface area (Å²) < 4.78 is 34.3. The van der Waals surface area contributed by atoms with Crippen molar-refractivity contribution in [1.29, 1.82) is 0 Å². The lowest BCUT2D eigenvalue weighted by Gasteiger charge is -2.29. The molecule has 0 spiro atoms. The Morgan fingerprint density at radius 1 is 1.33 bits per heavy atom. The van der Waals surface area contributed by atoms with Crippen LogP contribution < -0.4 is 0 Å². The highest BCUT2D eigenvalue weighted by molar-refractivity contribution is 7.91. The van der Waals surface area contributed by atoms with Crippen molar-refractivity contribution in [2.75, 3.05) is 18.1 Å². The maximum Gasteiger partial charge on any atom is 0.375 e. The van der Waals surface area contributed by atoms with Gasteiger partial charge in [0.1, 0.15) is 5.58 Å². The number of sulfone groups is 1. The summed E-state index contributed by atoms with van der Waals surface area (Å²) in [7, 11) is -3.11. The van der Waals surface area contributed by atoms with Crippen molar-refractivity contribution in [3.05, 3.63) is 35.6 Å². The van der Waals surface area contributed by atoms with Crippen LogP contribution in [0, 0.1) is 6.92 Å². The highest BCUT2D eigenvalue weighted by atomic mass is 32.2. The third kappa shape index (κ3) is 3.85. The molecule has 1 saturated heterocycles. The van der Waals surface area contributed by atoms with Crippen molar-refractivity contribution in [2.24, 2.45) is 0 Å². The second-order valence-electron chi connectivity index (χ2n) is 6.78. The summed E-state index contributed by atoms with van der Waals surface area (Å²) in [6, 6.07) is 6.88. The van der Waals surface area contributed by atoms with Gasteiger partial charge in [0.15, 0.2) is 15.9 Å². The highest BCUT2D eigenvalue weighted by Crippen LogP contribution is 2.26. The molecule has 1 aliphatic rings. The molecule has 0 N–H and O–H groups in total. The molecule has 0 aliphatic carbocycles. The van der Waals surface area contributed by atoms with Gasteiger partial charge in [0.2, 0.25) is 5.76 Å². The van der Waals surface area contributed by atoms with Crippen molar-refractivity contribution in [1.82, 2.24) is 4.90 Å². The minimum absolute atomic E-state index is 0.0457. The van der Waals surface area contributed by atoms with Gasteiger partial charge < -0.3 is 14.1 Å². The van der Waals surface area contributed by atoms with Crippen molar-refractivity contribution in [3.63, 3.8) is 0 Å². The average molecular weight is 393 g/mol. The van der Waals surface area contributed by atoms with Gasteiger partial charge >= 0.3 is 5.97 Å². The van der Waals surface area contributed by atoms with Crippen molar-refractivity contribution in [2.45, 2.75) is 39.3 Å². The Bertz CT molecular complexity index is 977. The summed E-state index contributed by atoms with van der Waals surface area (Å²) in [4.78, 5) is 26.7. The number of carbonyl (C=O) groups excluding carboxylic acids is 2. The van der Waals surface area contributed by atoms with Crippen molar-refractivity contribution >= 4 is 32.7 Å². The first-order valence-corrected chi connectivity index (χ1v) is 10.8.